The number of ketones is 1. The van der Waals surface area contributed by atoms with Crippen LogP contribution < -0.4 is 10.6 Å². The number of nitrogen functional groups attached to an aromatic ring is 1. The van der Waals surface area contributed by atoms with Gasteiger partial charge in [0, 0.05) is 7.05 Å². The average molecular weight is 402 g/mol. The lowest BCUT2D eigenvalue weighted by Gasteiger charge is -2.16. The van der Waals surface area contributed by atoms with Gasteiger partial charge in [-0.3, -0.25) is 9.59 Å². The minimum absolute atomic E-state index is 0.130. The van der Waals surface area contributed by atoms with E-state index in [-0.39, 0.29) is 22.9 Å². The average Bonchev–Trinajstić information content (AvgIpc) is 3.39. The van der Waals surface area contributed by atoms with Gasteiger partial charge in [0.25, 0.3) is 0 Å². The molecule has 1 fully saturated rings. The first-order chi connectivity index (χ1) is 13.9. The topological polar surface area (TPSA) is 186 Å². The van der Waals surface area contributed by atoms with Crippen LogP contribution in [0.1, 0.15) is 6.04 Å². The van der Waals surface area contributed by atoms with Crippen LogP contribution in [0, 0.1) is 5.92 Å². The first kappa shape index (κ1) is 18.9. The maximum absolute atomic E-state index is 12.6. The first-order valence-electron chi connectivity index (χ1n) is 8.61. The van der Waals surface area contributed by atoms with Crippen LogP contribution in [0.5, 0.6) is 0 Å². The summed E-state index contributed by atoms with van der Waals surface area (Å²) in [5.74, 6) is -1.58. The fourth-order valence-corrected chi connectivity index (χ4v) is 3.43. The Morgan fingerprint density at radius 2 is 2.07 bits per heavy atom. The number of imidazole rings is 1. The van der Waals surface area contributed by atoms with Crippen molar-refractivity contribution >= 4 is 35.0 Å². The highest BCUT2D eigenvalue weighted by Gasteiger charge is 2.50. The van der Waals surface area contributed by atoms with Gasteiger partial charge in [-0.05, 0) is 0 Å². The van der Waals surface area contributed by atoms with Crippen LogP contribution in [0.3, 0.4) is 0 Å². The quantitative estimate of drug-likeness (QED) is 0.336. The SMILES string of the molecule is CN(C=O)c1cnn(-c2nc(N)nc3c2ncn3[C@H]2C(=O)[C@H](CO)[C@H](O)[C@@H]2O)c1. The Hall–Kier alpha value is -3.42. The molecule has 13 nitrogen and oxygen atoms in total. The standard InChI is InChI=1S/C16H18N8O5/c1-22(6-26)7-2-19-24(3-7)15-9-14(20-16(17)21-15)23(5-18-9)10-11(27)8(4-25)12(28)13(10)29/h2-3,5-6,8,10,12-13,25,28-29H,4H2,1H3,(H2,17,20,21)/t8-,10-,12-,13+/m0/s1. The van der Waals surface area contributed by atoms with Crippen molar-refractivity contribution in [2.45, 2.75) is 18.2 Å². The number of anilines is 2. The molecule has 0 aromatic carbocycles. The summed E-state index contributed by atoms with van der Waals surface area (Å²) in [5, 5.41) is 33.9. The largest absolute Gasteiger partial charge is 0.396 e. The monoisotopic (exact) mass is 402 g/mol. The molecule has 0 aliphatic heterocycles. The minimum Gasteiger partial charge on any atom is -0.396 e. The molecular weight excluding hydrogens is 384 g/mol. The number of Topliss-reactive ketones (excluding diaryl/α,β-unsaturated/α-hetero) is 1. The molecule has 1 saturated carbocycles. The maximum atomic E-state index is 12.6. The van der Waals surface area contributed by atoms with E-state index in [0.717, 1.165) is 0 Å². The zero-order valence-corrected chi connectivity index (χ0v) is 15.2. The van der Waals surface area contributed by atoms with Crippen LogP contribution in [0.25, 0.3) is 17.0 Å². The highest BCUT2D eigenvalue weighted by Crippen LogP contribution is 2.34. The molecule has 13 heteroatoms. The molecule has 3 heterocycles. The molecule has 3 aromatic heterocycles. The van der Waals surface area contributed by atoms with Gasteiger partial charge in [-0.1, -0.05) is 0 Å². The predicted molar refractivity (Wildman–Crippen MR) is 98.0 cm³/mol. The van der Waals surface area contributed by atoms with Crippen LogP contribution >= 0.6 is 0 Å². The predicted octanol–water partition coefficient (Wildman–Crippen LogP) is -2.36. The van der Waals surface area contributed by atoms with Crippen molar-refractivity contribution in [2.24, 2.45) is 5.92 Å². The van der Waals surface area contributed by atoms with Crippen LogP contribution in [-0.2, 0) is 9.59 Å². The second-order valence-electron chi connectivity index (χ2n) is 6.71. The molecule has 152 valence electrons. The second-order valence-corrected chi connectivity index (χ2v) is 6.71. The molecule has 4 atom stereocenters. The first-order valence-corrected chi connectivity index (χ1v) is 8.61. The lowest BCUT2D eigenvalue weighted by molar-refractivity contribution is -0.125. The minimum atomic E-state index is -1.45. The van der Waals surface area contributed by atoms with Gasteiger partial charge >= 0.3 is 0 Å². The van der Waals surface area contributed by atoms with E-state index in [1.54, 1.807) is 7.05 Å². The molecule has 0 radical (unpaired) electrons. The summed E-state index contributed by atoms with van der Waals surface area (Å²) in [7, 11) is 1.56. The molecule has 0 saturated heterocycles. The third-order valence-corrected chi connectivity index (χ3v) is 5.01. The lowest BCUT2D eigenvalue weighted by Crippen LogP contribution is -2.30. The Morgan fingerprint density at radius 1 is 1.31 bits per heavy atom. The van der Waals surface area contributed by atoms with Crippen molar-refractivity contribution in [2.75, 3.05) is 24.3 Å². The summed E-state index contributed by atoms with van der Waals surface area (Å²) in [6, 6.07) is -1.19. The Kier molecular flexibility index (Phi) is 4.49. The van der Waals surface area contributed by atoms with Crippen molar-refractivity contribution < 1.29 is 24.9 Å². The highest BCUT2D eigenvalue weighted by molar-refractivity contribution is 5.91. The molecule has 4 rings (SSSR count). The molecular formula is C16H18N8O5. The van der Waals surface area contributed by atoms with Crippen LogP contribution in [0.2, 0.25) is 0 Å². The van der Waals surface area contributed by atoms with E-state index >= 15 is 0 Å². The molecule has 3 aromatic rings. The summed E-state index contributed by atoms with van der Waals surface area (Å²) >= 11 is 0. The summed E-state index contributed by atoms with van der Waals surface area (Å²) < 4.78 is 2.65. The number of carbonyl (C=O) groups excluding carboxylic acids is 2. The van der Waals surface area contributed by atoms with Gasteiger partial charge in [0.1, 0.15) is 12.1 Å². The Bertz CT molecular complexity index is 1090. The summed E-state index contributed by atoms with van der Waals surface area (Å²) in [6.45, 7) is -0.594. The van der Waals surface area contributed by atoms with Crippen molar-refractivity contribution in [1.29, 1.82) is 0 Å². The smallest absolute Gasteiger partial charge is 0.224 e. The third-order valence-electron chi connectivity index (χ3n) is 5.01. The number of aliphatic hydroxyl groups is 3. The number of nitrogens with zero attached hydrogens (tertiary/aromatic N) is 7. The lowest BCUT2D eigenvalue weighted by atomic mass is 10.1. The van der Waals surface area contributed by atoms with E-state index in [9.17, 15) is 24.9 Å². The number of fused-ring (bicyclic) bond motifs is 1. The van der Waals surface area contributed by atoms with Crippen LogP contribution in [-0.4, -0.2) is 82.7 Å². The number of rotatable bonds is 5. The molecule has 0 bridgehead atoms. The molecule has 0 spiro atoms. The van der Waals surface area contributed by atoms with Gasteiger partial charge < -0.3 is 30.5 Å². The molecule has 0 unspecified atom stereocenters. The van der Waals surface area contributed by atoms with Gasteiger partial charge in [-0.2, -0.15) is 15.1 Å². The number of nitrogens with two attached hydrogens (primary N) is 1. The number of aromatic nitrogens is 6. The van der Waals surface area contributed by atoms with Gasteiger partial charge in [-0.25, -0.2) is 9.67 Å². The number of aliphatic hydroxyl groups excluding tert-OH is 3. The fourth-order valence-electron chi connectivity index (χ4n) is 3.43. The zero-order chi connectivity index (χ0) is 20.9. The number of hydrogen-bond acceptors (Lipinski definition) is 10. The van der Waals surface area contributed by atoms with Crippen molar-refractivity contribution in [1.82, 2.24) is 29.3 Å². The summed E-state index contributed by atoms with van der Waals surface area (Å²) in [4.78, 5) is 37.3. The molecule has 29 heavy (non-hydrogen) atoms. The Morgan fingerprint density at radius 3 is 2.72 bits per heavy atom. The van der Waals surface area contributed by atoms with Gasteiger partial charge in [0.15, 0.2) is 22.8 Å². The van der Waals surface area contributed by atoms with E-state index < -0.39 is 36.6 Å². The number of hydrogen-bond donors (Lipinski definition) is 4. The van der Waals surface area contributed by atoms with Crippen molar-refractivity contribution in [3.8, 4) is 5.82 Å². The number of amides is 1. The third kappa shape index (κ3) is 2.83. The van der Waals surface area contributed by atoms with E-state index in [0.29, 0.717) is 12.1 Å². The Labute approximate surface area is 163 Å². The van der Waals surface area contributed by atoms with Crippen molar-refractivity contribution in [3.63, 3.8) is 0 Å². The van der Waals surface area contributed by atoms with Crippen LogP contribution in [0.15, 0.2) is 18.7 Å². The second kappa shape index (κ2) is 6.88. The van der Waals surface area contributed by atoms with Gasteiger partial charge in [-0.15, -0.1) is 0 Å². The summed E-state index contributed by atoms with van der Waals surface area (Å²) in [6.07, 6.45) is 2.02. The molecule has 1 aliphatic rings. The molecule has 1 amide bonds. The summed E-state index contributed by atoms with van der Waals surface area (Å²) in [5.41, 5.74) is 6.71. The Balaban J connectivity index is 1.83. The van der Waals surface area contributed by atoms with E-state index in [1.165, 1.54) is 32.9 Å². The van der Waals surface area contributed by atoms with E-state index in [4.69, 9.17) is 5.73 Å². The van der Waals surface area contributed by atoms with E-state index in [1.807, 2.05) is 0 Å². The maximum Gasteiger partial charge on any atom is 0.224 e. The molecule has 1 aliphatic carbocycles. The zero-order valence-electron chi connectivity index (χ0n) is 15.2. The highest BCUT2D eigenvalue weighted by atomic mass is 16.3. The van der Waals surface area contributed by atoms with Crippen LogP contribution in [0.4, 0.5) is 11.6 Å². The normalized spacial score (nSPS) is 24.3. The van der Waals surface area contributed by atoms with Gasteiger partial charge in [0.05, 0.1) is 43.0 Å². The van der Waals surface area contributed by atoms with Gasteiger partial charge in [0.2, 0.25) is 12.4 Å². The fraction of sp³-hybridized carbons (Fsp3) is 0.375. The molecule has 5 N–H and O–H groups in total. The van der Waals surface area contributed by atoms with Crippen molar-refractivity contribution in [3.05, 3.63) is 18.7 Å². The number of carbonyl (C=O) groups is 2. The van der Waals surface area contributed by atoms with E-state index in [2.05, 4.69) is 20.1 Å².